The van der Waals surface area contributed by atoms with Gasteiger partial charge in [0.15, 0.2) is 11.5 Å². The number of rotatable bonds is 7. The van der Waals surface area contributed by atoms with Crippen LogP contribution >= 0.6 is 0 Å². The fourth-order valence-corrected chi connectivity index (χ4v) is 2.81. The highest BCUT2D eigenvalue weighted by Gasteiger charge is 2.19. The number of amides is 1. The Balaban J connectivity index is 1.39. The number of hydrogen-bond acceptors (Lipinski definition) is 6. The monoisotopic (exact) mass is 399 g/mol. The van der Waals surface area contributed by atoms with Crippen LogP contribution in [0.3, 0.4) is 0 Å². The van der Waals surface area contributed by atoms with Crippen LogP contribution in [0.5, 0.6) is 5.75 Å². The summed E-state index contributed by atoms with van der Waals surface area (Å²) in [6.45, 7) is 0.447. The number of nitrogens with one attached hydrogen (secondary N) is 1. The van der Waals surface area contributed by atoms with E-state index in [1.165, 1.54) is 12.3 Å². The predicted octanol–water partition coefficient (Wildman–Crippen LogP) is 4.51. The molecule has 4 aromatic rings. The van der Waals surface area contributed by atoms with Crippen LogP contribution in [0.1, 0.15) is 27.7 Å². The molecular weight excluding hydrogens is 382 g/mol. The summed E-state index contributed by atoms with van der Waals surface area (Å²) in [6, 6.07) is 22.9. The Bertz CT molecular complexity index is 1140. The first-order chi connectivity index (χ1) is 14.7. The van der Waals surface area contributed by atoms with Gasteiger partial charge in [0.25, 0.3) is 5.91 Å². The fraction of sp³-hybridized carbons (Fsp3) is 0.0870. The van der Waals surface area contributed by atoms with E-state index in [9.17, 15) is 10.1 Å². The molecule has 0 aliphatic carbocycles. The van der Waals surface area contributed by atoms with Crippen molar-refractivity contribution in [1.29, 1.82) is 5.26 Å². The molecule has 7 nitrogen and oxygen atoms in total. The fourth-order valence-electron chi connectivity index (χ4n) is 2.81. The molecule has 1 unspecified atom stereocenters. The SMILES string of the molecule is N#CC(NC(=O)c1cc(-c2ccco2)on1)c1ccc(OCc2ccccc2)cc1. The summed E-state index contributed by atoms with van der Waals surface area (Å²) in [4.78, 5) is 12.5. The molecule has 1 amide bonds. The van der Waals surface area contributed by atoms with Crippen molar-refractivity contribution in [3.8, 4) is 23.3 Å². The second-order valence-corrected chi connectivity index (χ2v) is 6.43. The molecule has 0 aliphatic heterocycles. The number of nitrogens with zero attached hydrogens (tertiary/aromatic N) is 2. The highest BCUT2D eigenvalue weighted by Crippen LogP contribution is 2.22. The Hall–Kier alpha value is -4.31. The van der Waals surface area contributed by atoms with Crippen LogP contribution in [0.15, 0.2) is 88.0 Å². The number of furan rings is 1. The smallest absolute Gasteiger partial charge is 0.274 e. The van der Waals surface area contributed by atoms with Crippen molar-refractivity contribution in [1.82, 2.24) is 10.5 Å². The Labute approximate surface area is 172 Å². The molecule has 4 rings (SSSR count). The zero-order chi connectivity index (χ0) is 20.8. The van der Waals surface area contributed by atoms with Crippen LogP contribution in [-0.4, -0.2) is 11.1 Å². The lowest BCUT2D eigenvalue weighted by molar-refractivity contribution is 0.0936. The minimum absolute atomic E-state index is 0.0597. The molecule has 2 aromatic carbocycles. The van der Waals surface area contributed by atoms with Gasteiger partial charge in [0.1, 0.15) is 18.4 Å². The lowest BCUT2D eigenvalue weighted by Crippen LogP contribution is -2.27. The van der Waals surface area contributed by atoms with E-state index in [4.69, 9.17) is 13.7 Å². The number of nitriles is 1. The maximum absolute atomic E-state index is 12.5. The van der Waals surface area contributed by atoms with Crippen LogP contribution in [0, 0.1) is 11.3 Å². The summed E-state index contributed by atoms with van der Waals surface area (Å²) in [5.41, 5.74) is 1.75. The number of ether oxygens (including phenoxy) is 1. The minimum atomic E-state index is -0.843. The molecule has 0 fully saturated rings. The summed E-state index contributed by atoms with van der Waals surface area (Å²) < 4.78 is 16.1. The van der Waals surface area contributed by atoms with Crippen LogP contribution < -0.4 is 10.1 Å². The molecule has 0 bridgehead atoms. The molecule has 0 radical (unpaired) electrons. The van der Waals surface area contributed by atoms with E-state index in [1.807, 2.05) is 30.3 Å². The lowest BCUT2D eigenvalue weighted by atomic mass is 10.1. The van der Waals surface area contributed by atoms with Crippen molar-refractivity contribution in [3.63, 3.8) is 0 Å². The lowest BCUT2D eigenvalue weighted by Gasteiger charge is -2.12. The zero-order valence-corrected chi connectivity index (χ0v) is 15.8. The van der Waals surface area contributed by atoms with Gasteiger partial charge < -0.3 is 19.0 Å². The van der Waals surface area contributed by atoms with Gasteiger partial charge in [-0.1, -0.05) is 47.6 Å². The average Bonchev–Trinajstić information content (AvgIpc) is 3.49. The third-order valence-corrected chi connectivity index (χ3v) is 4.37. The quantitative estimate of drug-likeness (QED) is 0.491. The van der Waals surface area contributed by atoms with Gasteiger partial charge in [-0.05, 0) is 35.4 Å². The van der Waals surface area contributed by atoms with Crippen molar-refractivity contribution in [2.24, 2.45) is 0 Å². The molecule has 0 aliphatic rings. The van der Waals surface area contributed by atoms with Gasteiger partial charge >= 0.3 is 0 Å². The Morgan fingerprint density at radius 2 is 1.87 bits per heavy atom. The molecule has 0 saturated carbocycles. The van der Waals surface area contributed by atoms with Gasteiger partial charge in [0, 0.05) is 6.07 Å². The molecule has 2 aromatic heterocycles. The topological polar surface area (TPSA) is 101 Å². The molecule has 1 N–H and O–H groups in total. The largest absolute Gasteiger partial charge is 0.489 e. The molecule has 0 spiro atoms. The van der Waals surface area contributed by atoms with E-state index in [0.717, 1.165) is 5.56 Å². The van der Waals surface area contributed by atoms with Crippen molar-refractivity contribution >= 4 is 5.91 Å². The van der Waals surface area contributed by atoms with E-state index >= 15 is 0 Å². The van der Waals surface area contributed by atoms with Gasteiger partial charge in [0.2, 0.25) is 5.76 Å². The second kappa shape index (κ2) is 8.80. The zero-order valence-electron chi connectivity index (χ0n) is 15.8. The Kier molecular flexibility index (Phi) is 5.58. The first-order valence-electron chi connectivity index (χ1n) is 9.20. The average molecular weight is 399 g/mol. The van der Waals surface area contributed by atoms with Gasteiger partial charge in [-0.15, -0.1) is 0 Å². The van der Waals surface area contributed by atoms with E-state index < -0.39 is 11.9 Å². The van der Waals surface area contributed by atoms with E-state index in [1.54, 1.807) is 36.4 Å². The van der Waals surface area contributed by atoms with E-state index in [-0.39, 0.29) is 5.69 Å². The van der Waals surface area contributed by atoms with Gasteiger partial charge in [0.05, 0.1) is 12.3 Å². The summed E-state index contributed by atoms with van der Waals surface area (Å²) in [5, 5.41) is 15.9. The number of benzene rings is 2. The first-order valence-corrected chi connectivity index (χ1v) is 9.20. The van der Waals surface area contributed by atoms with E-state index in [2.05, 4.69) is 16.5 Å². The number of hydrogen-bond donors (Lipinski definition) is 1. The van der Waals surface area contributed by atoms with Crippen LogP contribution in [0.25, 0.3) is 11.5 Å². The molecule has 1 atom stereocenters. The summed E-state index contributed by atoms with van der Waals surface area (Å²) >= 11 is 0. The summed E-state index contributed by atoms with van der Waals surface area (Å²) in [6.07, 6.45) is 1.50. The Morgan fingerprint density at radius 1 is 1.07 bits per heavy atom. The number of aromatic nitrogens is 1. The second-order valence-electron chi connectivity index (χ2n) is 6.43. The van der Waals surface area contributed by atoms with Crippen LogP contribution in [0.4, 0.5) is 0 Å². The van der Waals surface area contributed by atoms with Crippen LogP contribution in [-0.2, 0) is 6.61 Å². The standard InChI is InChI=1S/C23H17N3O4/c24-14-20(25-23(27)19-13-22(30-26-19)21-7-4-12-28-21)17-8-10-18(11-9-17)29-15-16-5-2-1-3-6-16/h1-13,20H,15H2,(H,25,27). The highest BCUT2D eigenvalue weighted by molar-refractivity contribution is 5.93. The van der Waals surface area contributed by atoms with Gasteiger partial charge in [-0.3, -0.25) is 4.79 Å². The highest BCUT2D eigenvalue weighted by atomic mass is 16.5. The van der Waals surface area contributed by atoms with Crippen LogP contribution in [0.2, 0.25) is 0 Å². The van der Waals surface area contributed by atoms with Crippen molar-refractivity contribution in [3.05, 3.63) is 95.9 Å². The Morgan fingerprint density at radius 3 is 2.57 bits per heavy atom. The molecule has 30 heavy (non-hydrogen) atoms. The van der Waals surface area contributed by atoms with Crippen molar-refractivity contribution < 1.29 is 18.5 Å². The third kappa shape index (κ3) is 4.39. The summed E-state index contributed by atoms with van der Waals surface area (Å²) in [5.74, 6) is 0.945. The van der Waals surface area contributed by atoms with Gasteiger partial charge in [-0.25, -0.2) is 0 Å². The number of carbonyl (C=O) groups excluding carboxylic acids is 1. The molecular formula is C23H17N3O4. The predicted molar refractivity (Wildman–Crippen MR) is 107 cm³/mol. The molecule has 7 heteroatoms. The maximum Gasteiger partial charge on any atom is 0.274 e. The van der Waals surface area contributed by atoms with E-state index in [0.29, 0.717) is 29.4 Å². The van der Waals surface area contributed by atoms with Crippen molar-refractivity contribution in [2.45, 2.75) is 12.6 Å². The minimum Gasteiger partial charge on any atom is -0.489 e. The number of carbonyl (C=O) groups is 1. The normalized spacial score (nSPS) is 11.4. The maximum atomic E-state index is 12.5. The first kappa shape index (κ1) is 19.0. The van der Waals surface area contributed by atoms with Gasteiger partial charge in [-0.2, -0.15) is 5.26 Å². The van der Waals surface area contributed by atoms with Crippen molar-refractivity contribution in [2.75, 3.05) is 0 Å². The molecule has 0 saturated heterocycles. The summed E-state index contributed by atoms with van der Waals surface area (Å²) in [7, 11) is 0. The molecule has 2 heterocycles. The molecule has 148 valence electrons. The third-order valence-electron chi connectivity index (χ3n) is 4.37.